The number of aryl methyl sites for hydroxylation is 1. The van der Waals surface area contributed by atoms with Gasteiger partial charge in [0.15, 0.2) is 5.76 Å². The summed E-state index contributed by atoms with van der Waals surface area (Å²) in [5.74, 6) is 0.814. The molecule has 2 N–H and O–H groups in total. The topological polar surface area (TPSA) is 101 Å². The van der Waals surface area contributed by atoms with Crippen LogP contribution in [0.3, 0.4) is 0 Å². The highest BCUT2D eigenvalue weighted by Gasteiger charge is 2.29. The molecule has 1 aromatic heterocycles. The Balaban J connectivity index is 1.56. The van der Waals surface area contributed by atoms with Crippen LogP contribution in [0.15, 0.2) is 44.7 Å². The number of rotatable bonds is 5. The van der Waals surface area contributed by atoms with E-state index in [4.69, 9.17) is 4.42 Å². The van der Waals surface area contributed by atoms with Crippen LogP contribution in [0.1, 0.15) is 72.4 Å². The number of hydrogen-bond acceptors (Lipinski definition) is 5. The minimum atomic E-state index is -3.75. The third-order valence-corrected chi connectivity index (χ3v) is 7.05. The highest BCUT2D eigenvalue weighted by molar-refractivity contribution is 7.89. The zero-order valence-electron chi connectivity index (χ0n) is 17.1. The van der Waals surface area contributed by atoms with Gasteiger partial charge in [-0.2, -0.15) is 18.4 Å². The van der Waals surface area contributed by atoms with E-state index in [2.05, 4.69) is 15.2 Å². The molecule has 1 amide bonds. The van der Waals surface area contributed by atoms with E-state index >= 15 is 0 Å². The number of nitrogens with zero attached hydrogens (tertiary/aromatic N) is 1. The van der Waals surface area contributed by atoms with Gasteiger partial charge in [-0.25, -0.2) is 0 Å². The van der Waals surface area contributed by atoms with E-state index in [1.807, 2.05) is 6.92 Å². The van der Waals surface area contributed by atoms with E-state index in [0.717, 1.165) is 43.2 Å². The first kappa shape index (κ1) is 20.7. The summed E-state index contributed by atoms with van der Waals surface area (Å²) in [4.78, 5) is 15.3. The monoisotopic (exact) mass is 429 g/mol. The van der Waals surface area contributed by atoms with Crippen molar-refractivity contribution in [2.24, 2.45) is 5.10 Å². The average Bonchev–Trinajstić information content (AvgIpc) is 3.11. The quantitative estimate of drug-likeness (QED) is 0.708. The van der Waals surface area contributed by atoms with Crippen LogP contribution in [0, 0.1) is 6.92 Å². The van der Waals surface area contributed by atoms with E-state index in [1.54, 1.807) is 18.2 Å². The molecule has 7 nitrogen and oxygen atoms in total. The van der Waals surface area contributed by atoms with E-state index in [9.17, 15) is 13.2 Å². The molecule has 1 fully saturated rings. The molecule has 1 aromatic carbocycles. The zero-order chi connectivity index (χ0) is 21.1. The summed E-state index contributed by atoms with van der Waals surface area (Å²) in [6.07, 6.45) is 7.60. The standard InChI is InChI=1S/C22H27N3O4S/c1-15-20-18(24-25-30(27,28)17-11-6-3-7-12-17)13-8-14-19(20)29-21(15)22(26)23-16-9-4-2-5-10-16/h3,6-7,11-12,16,25H,2,4-5,8-10,13-14H2,1H3,(H,23,26)/b24-18+. The number of hydrazone groups is 1. The van der Waals surface area contributed by atoms with Crippen molar-refractivity contribution >= 4 is 21.6 Å². The normalized spacial score (nSPS) is 18.8. The fourth-order valence-corrected chi connectivity index (χ4v) is 5.11. The fraction of sp³-hybridized carbons (Fsp3) is 0.455. The summed E-state index contributed by atoms with van der Waals surface area (Å²) >= 11 is 0. The summed E-state index contributed by atoms with van der Waals surface area (Å²) < 4.78 is 30.9. The first-order chi connectivity index (χ1) is 14.5. The largest absolute Gasteiger partial charge is 0.455 e. The minimum Gasteiger partial charge on any atom is -0.455 e. The van der Waals surface area contributed by atoms with Crippen molar-refractivity contribution in [3.05, 3.63) is 53.0 Å². The number of amides is 1. The fourth-order valence-electron chi connectivity index (χ4n) is 4.26. The Morgan fingerprint density at radius 1 is 1.07 bits per heavy atom. The Bertz CT molecular complexity index is 1050. The summed E-state index contributed by atoms with van der Waals surface area (Å²) in [6, 6.07) is 8.32. The maximum atomic E-state index is 12.8. The lowest BCUT2D eigenvalue weighted by Crippen LogP contribution is -2.36. The van der Waals surface area contributed by atoms with Gasteiger partial charge in [-0.3, -0.25) is 4.79 Å². The SMILES string of the molecule is Cc1c(C(=O)NC2CCCCC2)oc2c1/C(=N/NS(=O)(=O)c1ccccc1)CCC2. The van der Waals surface area contributed by atoms with Crippen molar-refractivity contribution in [1.82, 2.24) is 10.1 Å². The van der Waals surface area contributed by atoms with Crippen LogP contribution in [-0.2, 0) is 16.4 Å². The number of furan rings is 1. The highest BCUT2D eigenvalue weighted by Crippen LogP contribution is 2.30. The van der Waals surface area contributed by atoms with Gasteiger partial charge in [-0.05, 0) is 44.7 Å². The van der Waals surface area contributed by atoms with E-state index in [0.29, 0.717) is 30.1 Å². The smallest absolute Gasteiger partial charge is 0.287 e. The summed E-state index contributed by atoms with van der Waals surface area (Å²) in [5.41, 5.74) is 2.08. The number of hydrogen-bond donors (Lipinski definition) is 2. The van der Waals surface area contributed by atoms with Crippen molar-refractivity contribution in [3.8, 4) is 0 Å². The lowest BCUT2D eigenvalue weighted by atomic mass is 9.93. The molecule has 4 rings (SSSR count). The van der Waals surface area contributed by atoms with Crippen LogP contribution >= 0.6 is 0 Å². The zero-order valence-corrected chi connectivity index (χ0v) is 17.9. The third-order valence-electron chi connectivity index (χ3n) is 5.83. The molecule has 0 atom stereocenters. The molecule has 160 valence electrons. The molecule has 0 bridgehead atoms. The Hall–Kier alpha value is -2.61. The molecule has 0 aliphatic heterocycles. The number of carbonyl (C=O) groups is 1. The van der Waals surface area contributed by atoms with Gasteiger partial charge in [0.2, 0.25) is 0 Å². The second-order valence-electron chi connectivity index (χ2n) is 7.98. The second kappa shape index (κ2) is 8.63. The van der Waals surface area contributed by atoms with Crippen molar-refractivity contribution in [1.29, 1.82) is 0 Å². The third kappa shape index (κ3) is 4.28. The molecule has 2 aliphatic rings. The maximum Gasteiger partial charge on any atom is 0.287 e. The van der Waals surface area contributed by atoms with Crippen molar-refractivity contribution in [2.75, 3.05) is 0 Å². The van der Waals surface area contributed by atoms with Crippen LogP contribution < -0.4 is 10.1 Å². The predicted octanol–water partition coefficient (Wildman–Crippen LogP) is 3.67. The van der Waals surface area contributed by atoms with Gasteiger partial charge in [-0.1, -0.05) is 37.5 Å². The van der Waals surface area contributed by atoms with Crippen LogP contribution in [0.4, 0.5) is 0 Å². The molecule has 0 saturated heterocycles. The van der Waals surface area contributed by atoms with Gasteiger partial charge >= 0.3 is 0 Å². The van der Waals surface area contributed by atoms with Crippen molar-refractivity contribution in [3.63, 3.8) is 0 Å². The number of nitrogens with one attached hydrogen (secondary N) is 2. The van der Waals surface area contributed by atoms with Crippen LogP contribution in [0.5, 0.6) is 0 Å². The van der Waals surface area contributed by atoms with Gasteiger partial charge in [-0.15, -0.1) is 0 Å². The van der Waals surface area contributed by atoms with Gasteiger partial charge in [0.05, 0.1) is 10.6 Å². The van der Waals surface area contributed by atoms with Gasteiger partial charge in [0.25, 0.3) is 15.9 Å². The van der Waals surface area contributed by atoms with Crippen LogP contribution in [-0.4, -0.2) is 26.1 Å². The first-order valence-corrected chi connectivity index (χ1v) is 12.0. The average molecular weight is 430 g/mol. The molecule has 0 spiro atoms. The van der Waals surface area contributed by atoms with Crippen LogP contribution in [0.25, 0.3) is 0 Å². The van der Waals surface area contributed by atoms with Crippen molar-refractivity contribution in [2.45, 2.75) is 69.2 Å². The lowest BCUT2D eigenvalue weighted by molar-refractivity contribution is 0.0897. The molecule has 2 aliphatic carbocycles. The molecule has 0 radical (unpaired) electrons. The Morgan fingerprint density at radius 2 is 1.80 bits per heavy atom. The van der Waals surface area contributed by atoms with E-state index in [1.165, 1.54) is 18.6 Å². The molecule has 1 saturated carbocycles. The molecule has 30 heavy (non-hydrogen) atoms. The number of sulfonamides is 1. The lowest BCUT2D eigenvalue weighted by Gasteiger charge is -2.22. The maximum absolute atomic E-state index is 12.8. The predicted molar refractivity (Wildman–Crippen MR) is 114 cm³/mol. The van der Waals surface area contributed by atoms with Gasteiger partial charge in [0.1, 0.15) is 5.76 Å². The minimum absolute atomic E-state index is 0.154. The van der Waals surface area contributed by atoms with Gasteiger partial charge < -0.3 is 9.73 Å². The van der Waals surface area contributed by atoms with Crippen LogP contribution in [0.2, 0.25) is 0 Å². The molecule has 0 unspecified atom stereocenters. The first-order valence-electron chi connectivity index (χ1n) is 10.5. The molecule has 2 aromatic rings. The molecular formula is C22H27N3O4S. The summed E-state index contributed by atoms with van der Waals surface area (Å²) in [7, 11) is -3.75. The molecule has 1 heterocycles. The Kier molecular flexibility index (Phi) is 5.94. The number of carbonyl (C=O) groups excluding carboxylic acids is 1. The summed E-state index contributed by atoms with van der Waals surface area (Å²) in [6.45, 7) is 1.84. The van der Waals surface area contributed by atoms with Crippen molar-refractivity contribution < 1.29 is 17.6 Å². The van der Waals surface area contributed by atoms with E-state index < -0.39 is 10.0 Å². The second-order valence-corrected chi connectivity index (χ2v) is 9.64. The Labute approximate surface area is 177 Å². The summed E-state index contributed by atoms with van der Waals surface area (Å²) in [5, 5.41) is 7.30. The number of benzene rings is 1. The number of fused-ring (bicyclic) bond motifs is 1. The molecule has 8 heteroatoms. The highest BCUT2D eigenvalue weighted by atomic mass is 32.2. The van der Waals surface area contributed by atoms with E-state index in [-0.39, 0.29) is 16.8 Å². The Morgan fingerprint density at radius 3 is 2.53 bits per heavy atom. The van der Waals surface area contributed by atoms with Gasteiger partial charge in [0, 0.05) is 23.6 Å². The molecular weight excluding hydrogens is 402 g/mol.